The number of ether oxygens (including phenoxy) is 2. The van der Waals surface area contributed by atoms with Crippen molar-refractivity contribution >= 4 is 34.1 Å². The Hall–Kier alpha value is -2.71. The molecule has 2 atom stereocenters. The molecule has 29 heavy (non-hydrogen) atoms. The fourth-order valence-corrected chi connectivity index (χ4v) is 3.72. The van der Waals surface area contributed by atoms with Crippen LogP contribution >= 0.6 is 0 Å². The minimum absolute atomic E-state index is 0.197. The van der Waals surface area contributed by atoms with E-state index in [0.717, 1.165) is 18.8 Å². The summed E-state index contributed by atoms with van der Waals surface area (Å²) in [5.41, 5.74) is 1.88. The number of rotatable bonds is 6. The molecule has 0 bridgehead atoms. The van der Waals surface area contributed by atoms with Crippen LogP contribution in [0.2, 0.25) is 0 Å². The summed E-state index contributed by atoms with van der Waals surface area (Å²) in [6, 6.07) is 14.0. The molecule has 8 heteroatoms. The van der Waals surface area contributed by atoms with Crippen LogP contribution < -0.4 is 10.2 Å². The van der Waals surface area contributed by atoms with Crippen LogP contribution in [0.1, 0.15) is 17.3 Å². The molecule has 1 heterocycles. The van der Waals surface area contributed by atoms with Gasteiger partial charge >= 0.3 is 5.97 Å². The van der Waals surface area contributed by atoms with Crippen molar-refractivity contribution in [1.29, 1.82) is 0 Å². The van der Waals surface area contributed by atoms with E-state index >= 15 is 0 Å². The molecule has 2 aromatic rings. The van der Waals surface area contributed by atoms with E-state index in [4.69, 9.17) is 9.47 Å². The van der Waals surface area contributed by atoms with Gasteiger partial charge in [-0.3, -0.25) is 9.00 Å². The van der Waals surface area contributed by atoms with Gasteiger partial charge in [-0.1, -0.05) is 12.1 Å². The molecule has 1 saturated heterocycles. The van der Waals surface area contributed by atoms with E-state index in [9.17, 15) is 13.8 Å². The summed E-state index contributed by atoms with van der Waals surface area (Å²) in [6.07, 6.45) is 0.489. The molecular weight excluding hydrogens is 392 g/mol. The lowest BCUT2D eigenvalue weighted by Crippen LogP contribution is -2.36. The Bertz CT molecular complexity index is 894. The Kier molecular flexibility index (Phi) is 7.00. The molecule has 0 radical (unpaired) electrons. The molecule has 154 valence electrons. The number of nitrogens with one attached hydrogen (secondary N) is 1. The topological polar surface area (TPSA) is 84.9 Å². The summed E-state index contributed by atoms with van der Waals surface area (Å²) in [5.74, 6) is -1.12. The van der Waals surface area contributed by atoms with Gasteiger partial charge < -0.3 is 19.7 Å². The van der Waals surface area contributed by atoms with Crippen LogP contribution in [0, 0.1) is 0 Å². The second-order valence-electron chi connectivity index (χ2n) is 6.63. The Morgan fingerprint density at radius 3 is 2.41 bits per heavy atom. The largest absolute Gasteiger partial charge is 0.449 e. The molecule has 0 aliphatic carbocycles. The number of carbonyl (C=O) groups is 2. The number of esters is 1. The van der Waals surface area contributed by atoms with Crippen LogP contribution in [-0.2, 0) is 25.1 Å². The van der Waals surface area contributed by atoms with Crippen LogP contribution in [0.4, 0.5) is 11.4 Å². The first kappa shape index (κ1) is 21.0. The first-order chi connectivity index (χ1) is 14.0. The van der Waals surface area contributed by atoms with Gasteiger partial charge in [0, 0.05) is 30.7 Å². The lowest BCUT2D eigenvalue weighted by molar-refractivity contribution is -0.123. The van der Waals surface area contributed by atoms with Crippen molar-refractivity contribution in [2.45, 2.75) is 17.9 Å². The number of amides is 1. The fraction of sp³-hybridized carbons (Fsp3) is 0.333. The van der Waals surface area contributed by atoms with E-state index in [1.165, 1.54) is 19.2 Å². The van der Waals surface area contributed by atoms with Crippen molar-refractivity contribution in [2.75, 3.05) is 42.8 Å². The second-order valence-corrected chi connectivity index (χ2v) is 7.98. The fourth-order valence-electron chi connectivity index (χ4n) is 2.98. The van der Waals surface area contributed by atoms with Crippen LogP contribution in [-0.4, -0.2) is 54.7 Å². The van der Waals surface area contributed by atoms with Gasteiger partial charge in [-0.2, -0.15) is 0 Å². The first-order valence-corrected chi connectivity index (χ1v) is 10.9. The maximum atomic E-state index is 12.4. The third kappa shape index (κ3) is 5.42. The quantitative estimate of drug-likeness (QED) is 0.728. The van der Waals surface area contributed by atoms with Crippen molar-refractivity contribution in [3.63, 3.8) is 0 Å². The molecule has 1 amide bonds. The second kappa shape index (κ2) is 9.67. The highest BCUT2D eigenvalue weighted by Crippen LogP contribution is 2.20. The number of morpholine rings is 1. The third-order valence-corrected chi connectivity index (χ3v) is 5.56. The van der Waals surface area contributed by atoms with E-state index in [0.29, 0.717) is 23.8 Å². The minimum Gasteiger partial charge on any atom is -0.449 e. The smallest absolute Gasteiger partial charge is 0.340 e. The summed E-state index contributed by atoms with van der Waals surface area (Å²) >= 11 is 0. The Balaban J connectivity index is 1.59. The molecule has 0 spiro atoms. The molecule has 1 aliphatic rings. The zero-order chi connectivity index (χ0) is 20.8. The molecule has 3 rings (SSSR count). The number of nitrogens with zero attached hydrogens (tertiary/aromatic N) is 1. The molecular formula is C21H24N2O5S. The highest BCUT2D eigenvalue weighted by atomic mass is 32.2. The molecule has 7 nitrogen and oxygen atoms in total. The van der Waals surface area contributed by atoms with Gasteiger partial charge in [-0.25, -0.2) is 4.79 Å². The lowest BCUT2D eigenvalue weighted by Gasteiger charge is -2.28. The average Bonchev–Trinajstić information content (AvgIpc) is 2.74. The predicted molar refractivity (Wildman–Crippen MR) is 112 cm³/mol. The highest BCUT2D eigenvalue weighted by molar-refractivity contribution is 7.84. The van der Waals surface area contributed by atoms with Gasteiger partial charge in [0.2, 0.25) is 0 Å². The van der Waals surface area contributed by atoms with E-state index in [1.54, 1.807) is 18.2 Å². The Labute approximate surface area is 172 Å². The summed E-state index contributed by atoms with van der Waals surface area (Å²) in [4.78, 5) is 27.4. The maximum Gasteiger partial charge on any atom is 0.340 e. The van der Waals surface area contributed by atoms with Gasteiger partial charge in [0.05, 0.1) is 34.5 Å². The first-order valence-electron chi connectivity index (χ1n) is 9.33. The van der Waals surface area contributed by atoms with Crippen molar-refractivity contribution in [3.8, 4) is 0 Å². The van der Waals surface area contributed by atoms with Crippen molar-refractivity contribution in [3.05, 3.63) is 54.1 Å². The number of benzene rings is 2. The third-order valence-electron chi connectivity index (χ3n) is 4.58. The molecule has 1 fully saturated rings. The molecule has 1 aliphatic heterocycles. The maximum absolute atomic E-state index is 12.4. The highest BCUT2D eigenvalue weighted by Gasteiger charge is 2.22. The standard InChI is InChI=1S/C21H24N2O5S/c1-15(28-21(25)18-5-3-4-6-19(18)29(2)26)20(24)22-16-7-9-17(10-8-16)23-11-13-27-14-12-23/h3-10,15H,11-14H2,1-2H3,(H,22,24)/t15-,29-/m0/s1. The zero-order valence-corrected chi connectivity index (χ0v) is 17.2. The number of hydrogen-bond donors (Lipinski definition) is 1. The number of carbonyl (C=O) groups excluding carboxylic acids is 2. The van der Waals surface area contributed by atoms with Gasteiger partial charge in [-0.05, 0) is 43.3 Å². The zero-order valence-electron chi connectivity index (χ0n) is 16.4. The van der Waals surface area contributed by atoms with Crippen LogP contribution in [0.3, 0.4) is 0 Å². The predicted octanol–water partition coefficient (Wildman–Crippen LogP) is 2.44. The molecule has 2 aromatic carbocycles. The monoisotopic (exact) mass is 416 g/mol. The van der Waals surface area contributed by atoms with Crippen LogP contribution in [0.5, 0.6) is 0 Å². The summed E-state index contributed by atoms with van der Waals surface area (Å²) in [6.45, 7) is 4.58. The van der Waals surface area contributed by atoms with Crippen molar-refractivity contribution < 1.29 is 23.3 Å². The van der Waals surface area contributed by atoms with Gasteiger partial charge in [-0.15, -0.1) is 0 Å². The molecule has 0 aromatic heterocycles. The van der Waals surface area contributed by atoms with Crippen LogP contribution in [0.15, 0.2) is 53.4 Å². The molecule has 0 saturated carbocycles. The Morgan fingerprint density at radius 1 is 1.10 bits per heavy atom. The van der Waals surface area contributed by atoms with E-state index in [1.807, 2.05) is 24.3 Å². The normalized spacial score (nSPS) is 16.0. The number of hydrogen-bond acceptors (Lipinski definition) is 6. The summed E-state index contributed by atoms with van der Waals surface area (Å²) in [7, 11) is -1.34. The van der Waals surface area contributed by atoms with Crippen LogP contribution in [0.25, 0.3) is 0 Å². The number of anilines is 2. The SMILES string of the molecule is C[C@H](OC(=O)c1ccccc1[S@](C)=O)C(=O)Nc1ccc(N2CCOCC2)cc1. The molecule has 0 unspecified atom stereocenters. The Morgan fingerprint density at radius 2 is 1.76 bits per heavy atom. The van der Waals surface area contributed by atoms with Crippen molar-refractivity contribution in [2.24, 2.45) is 0 Å². The lowest BCUT2D eigenvalue weighted by atomic mass is 10.2. The summed E-state index contributed by atoms with van der Waals surface area (Å²) in [5, 5.41) is 2.75. The van der Waals surface area contributed by atoms with E-state index in [-0.39, 0.29) is 5.56 Å². The van der Waals surface area contributed by atoms with Gasteiger partial charge in [0.15, 0.2) is 6.10 Å². The van der Waals surface area contributed by atoms with Gasteiger partial charge in [0.1, 0.15) is 0 Å². The van der Waals surface area contributed by atoms with Gasteiger partial charge in [0.25, 0.3) is 5.91 Å². The van der Waals surface area contributed by atoms with Crippen molar-refractivity contribution in [1.82, 2.24) is 0 Å². The molecule has 1 N–H and O–H groups in total. The van der Waals surface area contributed by atoms with E-state index < -0.39 is 28.8 Å². The average molecular weight is 416 g/mol. The minimum atomic E-state index is -1.34. The van der Waals surface area contributed by atoms with E-state index in [2.05, 4.69) is 10.2 Å². The summed E-state index contributed by atoms with van der Waals surface area (Å²) < 4.78 is 22.4.